The van der Waals surface area contributed by atoms with Crippen LogP contribution in [0.1, 0.15) is 29.6 Å². The van der Waals surface area contributed by atoms with Crippen LogP contribution in [0.15, 0.2) is 36.4 Å². The molecule has 0 unspecified atom stereocenters. The molecule has 7 nitrogen and oxygen atoms in total. The molecule has 1 saturated heterocycles. The van der Waals surface area contributed by atoms with Crippen LogP contribution < -0.4 is 4.74 Å². The standard InChI is InChI=1S/C18H19NO6/c1-24-15(20)9-10-16(21)25-14-7-5-13(6-8-14)17(22)18(23)19-11-3-2-4-12-19/h5-10H,2-4,11-12H2,1H3/b10-9+. The first kappa shape index (κ1) is 18.4. The van der Waals surface area contributed by atoms with E-state index in [1.165, 1.54) is 31.4 Å². The van der Waals surface area contributed by atoms with Crippen LogP contribution in [-0.4, -0.2) is 48.7 Å². The monoisotopic (exact) mass is 345 g/mol. The highest BCUT2D eigenvalue weighted by atomic mass is 16.5. The summed E-state index contributed by atoms with van der Waals surface area (Å²) in [5.74, 6) is -2.32. The summed E-state index contributed by atoms with van der Waals surface area (Å²) < 4.78 is 9.34. The van der Waals surface area contributed by atoms with Crippen LogP contribution in [-0.2, 0) is 19.1 Å². The molecule has 1 aliphatic rings. The molecule has 0 aliphatic carbocycles. The Hall–Kier alpha value is -2.96. The molecule has 132 valence electrons. The molecule has 0 radical (unpaired) electrons. The number of hydrogen-bond acceptors (Lipinski definition) is 6. The van der Waals surface area contributed by atoms with Crippen LogP contribution in [0.4, 0.5) is 0 Å². The number of carbonyl (C=O) groups is 4. The molecule has 1 heterocycles. The Kier molecular flexibility index (Phi) is 6.45. The van der Waals surface area contributed by atoms with Crippen molar-refractivity contribution in [1.29, 1.82) is 0 Å². The summed E-state index contributed by atoms with van der Waals surface area (Å²) in [7, 11) is 1.19. The quantitative estimate of drug-likeness (QED) is 0.264. The largest absolute Gasteiger partial charge is 0.466 e. The van der Waals surface area contributed by atoms with Crippen molar-refractivity contribution in [2.45, 2.75) is 19.3 Å². The number of Topliss-reactive ketones (excluding diaryl/α,β-unsaturated/α-hetero) is 1. The van der Waals surface area contributed by atoms with Crippen molar-refractivity contribution in [3.63, 3.8) is 0 Å². The summed E-state index contributed by atoms with van der Waals surface area (Å²) in [5, 5.41) is 0. The van der Waals surface area contributed by atoms with Gasteiger partial charge in [-0.05, 0) is 43.5 Å². The third-order valence-corrected chi connectivity index (χ3v) is 3.73. The minimum absolute atomic E-state index is 0.196. The van der Waals surface area contributed by atoms with E-state index in [2.05, 4.69) is 4.74 Å². The molecule has 1 fully saturated rings. The first-order chi connectivity index (χ1) is 12.0. The predicted octanol–water partition coefficient (Wildman–Crippen LogP) is 1.52. The fourth-order valence-corrected chi connectivity index (χ4v) is 2.39. The van der Waals surface area contributed by atoms with Gasteiger partial charge < -0.3 is 14.4 Å². The van der Waals surface area contributed by atoms with Gasteiger partial charge in [0.1, 0.15) is 5.75 Å². The van der Waals surface area contributed by atoms with Gasteiger partial charge in [-0.2, -0.15) is 0 Å². The average molecular weight is 345 g/mol. The van der Waals surface area contributed by atoms with E-state index in [0.29, 0.717) is 13.1 Å². The Labute approximate surface area is 145 Å². The normalized spacial score (nSPS) is 14.2. The van der Waals surface area contributed by atoms with Crippen molar-refractivity contribution in [3.8, 4) is 5.75 Å². The van der Waals surface area contributed by atoms with Crippen LogP contribution in [0, 0.1) is 0 Å². The van der Waals surface area contributed by atoms with E-state index in [1.54, 1.807) is 4.90 Å². The number of carbonyl (C=O) groups excluding carboxylic acids is 4. The minimum Gasteiger partial charge on any atom is -0.466 e. The molecule has 0 aromatic heterocycles. The molecule has 0 saturated carbocycles. The van der Waals surface area contributed by atoms with Crippen molar-refractivity contribution < 1.29 is 28.7 Å². The van der Waals surface area contributed by atoms with Gasteiger partial charge in [0.05, 0.1) is 7.11 Å². The number of rotatable bonds is 5. The Morgan fingerprint density at radius 1 is 0.920 bits per heavy atom. The fraction of sp³-hybridized carbons (Fsp3) is 0.333. The number of ketones is 1. The maximum absolute atomic E-state index is 12.2. The van der Waals surface area contributed by atoms with Gasteiger partial charge >= 0.3 is 11.9 Å². The van der Waals surface area contributed by atoms with E-state index in [1.807, 2.05) is 0 Å². The van der Waals surface area contributed by atoms with Crippen molar-refractivity contribution in [2.24, 2.45) is 0 Å². The molecule has 0 atom stereocenters. The van der Waals surface area contributed by atoms with E-state index >= 15 is 0 Å². The fourth-order valence-electron chi connectivity index (χ4n) is 2.39. The van der Waals surface area contributed by atoms with Crippen LogP contribution in [0.2, 0.25) is 0 Å². The lowest BCUT2D eigenvalue weighted by Crippen LogP contribution is -2.40. The lowest BCUT2D eigenvalue weighted by Gasteiger charge is -2.25. The Morgan fingerprint density at radius 2 is 1.52 bits per heavy atom. The minimum atomic E-state index is -0.756. The molecule has 7 heteroatoms. The van der Waals surface area contributed by atoms with Crippen LogP contribution in [0.3, 0.4) is 0 Å². The number of piperidine rings is 1. The lowest BCUT2D eigenvalue weighted by atomic mass is 10.1. The van der Waals surface area contributed by atoms with Gasteiger partial charge in [0.2, 0.25) is 5.78 Å². The van der Waals surface area contributed by atoms with Crippen molar-refractivity contribution in [3.05, 3.63) is 42.0 Å². The highest BCUT2D eigenvalue weighted by Crippen LogP contribution is 2.15. The summed E-state index contributed by atoms with van der Waals surface area (Å²) in [5.41, 5.74) is 0.237. The second-order valence-electron chi connectivity index (χ2n) is 5.48. The number of ether oxygens (including phenoxy) is 2. The Bertz CT molecular complexity index is 686. The molecular weight excluding hydrogens is 326 g/mol. The van der Waals surface area contributed by atoms with Gasteiger partial charge in [0.15, 0.2) is 0 Å². The number of benzene rings is 1. The van der Waals surface area contributed by atoms with E-state index in [0.717, 1.165) is 31.4 Å². The molecule has 1 aromatic carbocycles. The highest BCUT2D eigenvalue weighted by molar-refractivity contribution is 6.42. The maximum Gasteiger partial charge on any atom is 0.336 e. The van der Waals surface area contributed by atoms with Gasteiger partial charge in [-0.25, -0.2) is 9.59 Å². The van der Waals surface area contributed by atoms with Gasteiger partial charge in [-0.15, -0.1) is 0 Å². The number of nitrogens with zero attached hydrogens (tertiary/aromatic N) is 1. The Morgan fingerprint density at radius 3 is 2.12 bits per heavy atom. The van der Waals surface area contributed by atoms with E-state index in [9.17, 15) is 19.2 Å². The van der Waals surface area contributed by atoms with Gasteiger partial charge in [0, 0.05) is 30.8 Å². The molecule has 0 bridgehead atoms. The predicted molar refractivity (Wildman–Crippen MR) is 88.0 cm³/mol. The summed E-state index contributed by atoms with van der Waals surface area (Å²) in [6, 6.07) is 5.69. The summed E-state index contributed by atoms with van der Waals surface area (Å²) >= 11 is 0. The second kappa shape index (κ2) is 8.77. The van der Waals surface area contributed by atoms with Crippen LogP contribution in [0.25, 0.3) is 0 Å². The van der Waals surface area contributed by atoms with Crippen molar-refractivity contribution >= 4 is 23.6 Å². The molecule has 1 aromatic rings. The topological polar surface area (TPSA) is 90.0 Å². The van der Waals surface area contributed by atoms with Gasteiger partial charge in [-0.3, -0.25) is 9.59 Å². The number of likely N-dealkylation sites (tertiary alicyclic amines) is 1. The number of hydrogen-bond donors (Lipinski definition) is 0. The summed E-state index contributed by atoms with van der Waals surface area (Å²) in [4.78, 5) is 48.4. The van der Waals surface area contributed by atoms with Crippen LogP contribution in [0.5, 0.6) is 5.75 Å². The second-order valence-corrected chi connectivity index (χ2v) is 5.48. The molecule has 0 spiro atoms. The zero-order valence-electron chi connectivity index (χ0n) is 13.9. The maximum atomic E-state index is 12.2. The van der Waals surface area contributed by atoms with E-state index in [-0.39, 0.29) is 11.3 Å². The zero-order chi connectivity index (χ0) is 18.2. The van der Waals surface area contributed by atoms with Gasteiger partial charge in [-0.1, -0.05) is 0 Å². The lowest BCUT2D eigenvalue weighted by molar-refractivity contribution is -0.135. The van der Waals surface area contributed by atoms with Crippen LogP contribution >= 0.6 is 0 Å². The summed E-state index contributed by atoms with van der Waals surface area (Å²) in [6.45, 7) is 1.21. The third-order valence-electron chi connectivity index (χ3n) is 3.73. The SMILES string of the molecule is COC(=O)/C=C/C(=O)Oc1ccc(C(=O)C(=O)N2CCCCC2)cc1. The zero-order valence-corrected chi connectivity index (χ0v) is 13.9. The molecular formula is C18H19NO6. The molecule has 2 rings (SSSR count). The highest BCUT2D eigenvalue weighted by Gasteiger charge is 2.24. The van der Waals surface area contributed by atoms with Crippen molar-refractivity contribution in [2.75, 3.05) is 20.2 Å². The number of methoxy groups -OCH3 is 1. The van der Waals surface area contributed by atoms with Gasteiger partial charge in [0.25, 0.3) is 5.91 Å². The van der Waals surface area contributed by atoms with E-state index < -0.39 is 23.6 Å². The molecule has 25 heavy (non-hydrogen) atoms. The molecule has 1 aliphatic heterocycles. The van der Waals surface area contributed by atoms with E-state index in [4.69, 9.17) is 4.74 Å². The Balaban J connectivity index is 1.95. The average Bonchev–Trinajstić information content (AvgIpc) is 2.66. The summed E-state index contributed by atoms with van der Waals surface area (Å²) in [6.07, 6.45) is 4.77. The smallest absolute Gasteiger partial charge is 0.336 e. The number of esters is 2. The molecule has 1 amide bonds. The van der Waals surface area contributed by atoms with Crippen molar-refractivity contribution in [1.82, 2.24) is 4.90 Å². The number of amides is 1. The molecule has 0 N–H and O–H groups in total. The first-order valence-electron chi connectivity index (χ1n) is 7.93. The first-order valence-corrected chi connectivity index (χ1v) is 7.93. The third kappa shape index (κ3) is 5.27.